The van der Waals surface area contributed by atoms with Crippen molar-refractivity contribution in [3.05, 3.63) is 107 Å². The first-order chi connectivity index (χ1) is 18.7. The van der Waals surface area contributed by atoms with Crippen molar-refractivity contribution in [2.45, 2.75) is 50.4 Å². The van der Waals surface area contributed by atoms with Crippen molar-refractivity contribution in [2.24, 2.45) is 11.8 Å². The second-order valence-corrected chi connectivity index (χ2v) is 10.8. The van der Waals surface area contributed by atoms with Gasteiger partial charge in [0.25, 0.3) is 0 Å². The van der Waals surface area contributed by atoms with E-state index < -0.39 is 11.7 Å². The van der Waals surface area contributed by atoms with Gasteiger partial charge in [-0.25, -0.2) is 8.78 Å². The van der Waals surface area contributed by atoms with E-state index in [9.17, 15) is 26.7 Å². The quantitative estimate of drug-likeness (QED) is 0.314. The third kappa shape index (κ3) is 6.67. The van der Waals surface area contributed by atoms with E-state index in [0.717, 1.165) is 43.1 Å². The Morgan fingerprint density at radius 1 is 0.897 bits per heavy atom. The van der Waals surface area contributed by atoms with Gasteiger partial charge in [-0.3, -0.25) is 9.69 Å². The predicted octanol–water partition coefficient (Wildman–Crippen LogP) is 6.92. The second kappa shape index (κ2) is 11.5. The van der Waals surface area contributed by atoms with Gasteiger partial charge >= 0.3 is 6.18 Å². The molecule has 0 bridgehead atoms. The van der Waals surface area contributed by atoms with E-state index in [-0.39, 0.29) is 41.8 Å². The van der Waals surface area contributed by atoms with Crippen LogP contribution in [-0.2, 0) is 17.5 Å². The van der Waals surface area contributed by atoms with Crippen molar-refractivity contribution >= 4 is 5.91 Å². The largest absolute Gasteiger partial charge is 0.416 e. The molecule has 206 valence electrons. The van der Waals surface area contributed by atoms with Crippen LogP contribution in [-0.4, -0.2) is 29.9 Å². The first-order valence-corrected chi connectivity index (χ1v) is 13.3. The molecule has 39 heavy (non-hydrogen) atoms. The molecule has 2 fully saturated rings. The molecule has 3 atom stereocenters. The minimum absolute atomic E-state index is 0.0316. The Hall–Kier alpha value is -3.26. The summed E-state index contributed by atoms with van der Waals surface area (Å²) >= 11 is 0. The number of benzene rings is 3. The highest BCUT2D eigenvalue weighted by atomic mass is 19.4. The summed E-state index contributed by atoms with van der Waals surface area (Å²) in [4.78, 5) is 15.2. The van der Waals surface area contributed by atoms with Gasteiger partial charge in [-0.1, -0.05) is 42.5 Å². The fourth-order valence-electron chi connectivity index (χ4n) is 6.24. The number of carbonyl (C=O) groups is 1. The summed E-state index contributed by atoms with van der Waals surface area (Å²) < 4.78 is 66.3. The highest BCUT2D eigenvalue weighted by Gasteiger charge is 2.43. The number of halogens is 5. The normalized spacial score (nSPS) is 21.3. The molecule has 1 amide bonds. The molecular weight excluding hydrogens is 511 g/mol. The molecule has 2 aliphatic rings. The van der Waals surface area contributed by atoms with Crippen molar-refractivity contribution in [1.82, 2.24) is 10.2 Å². The van der Waals surface area contributed by atoms with Crippen molar-refractivity contribution in [3.63, 3.8) is 0 Å². The highest BCUT2D eigenvalue weighted by Crippen LogP contribution is 2.39. The van der Waals surface area contributed by atoms with Crippen molar-refractivity contribution < 1.29 is 26.7 Å². The molecule has 0 radical (unpaired) electrons. The Balaban J connectivity index is 1.18. The topological polar surface area (TPSA) is 32.3 Å². The number of nitrogens with one attached hydrogen (secondary N) is 1. The van der Waals surface area contributed by atoms with Gasteiger partial charge in [0, 0.05) is 38.0 Å². The van der Waals surface area contributed by atoms with Crippen LogP contribution in [0.25, 0.3) is 0 Å². The number of alkyl halides is 3. The molecule has 8 heteroatoms. The fourth-order valence-corrected chi connectivity index (χ4v) is 6.24. The number of rotatable bonds is 8. The van der Waals surface area contributed by atoms with Crippen LogP contribution in [0.3, 0.4) is 0 Å². The SMILES string of the molecule is O=C(CCC(c1ccc(F)cc1)c1ccc(F)cc1)N[C@H]1CC[C@@H]2CN(Cc3cccc(C(F)(F)F)c3)C[C@H]21. The zero-order chi connectivity index (χ0) is 27.6. The number of hydrogen-bond donors (Lipinski definition) is 1. The third-order valence-corrected chi connectivity index (χ3v) is 8.14. The zero-order valence-corrected chi connectivity index (χ0v) is 21.4. The average molecular weight is 543 g/mol. The van der Waals surface area contributed by atoms with Crippen LogP contribution >= 0.6 is 0 Å². The van der Waals surface area contributed by atoms with Crippen LogP contribution in [0, 0.1) is 23.5 Å². The van der Waals surface area contributed by atoms with Crippen LogP contribution in [0.4, 0.5) is 22.0 Å². The number of nitrogens with zero attached hydrogens (tertiary/aromatic N) is 1. The summed E-state index contributed by atoms with van der Waals surface area (Å²) in [6, 6.07) is 17.8. The maximum absolute atomic E-state index is 13.5. The van der Waals surface area contributed by atoms with Crippen LogP contribution in [0.2, 0.25) is 0 Å². The van der Waals surface area contributed by atoms with E-state index in [1.54, 1.807) is 30.3 Å². The monoisotopic (exact) mass is 542 g/mol. The average Bonchev–Trinajstić information content (AvgIpc) is 3.46. The van der Waals surface area contributed by atoms with Gasteiger partial charge in [-0.05, 0) is 78.1 Å². The summed E-state index contributed by atoms with van der Waals surface area (Å²) in [5, 5.41) is 3.21. The zero-order valence-electron chi connectivity index (χ0n) is 21.4. The van der Waals surface area contributed by atoms with Crippen molar-refractivity contribution in [1.29, 1.82) is 0 Å². The van der Waals surface area contributed by atoms with Gasteiger partial charge in [-0.15, -0.1) is 0 Å². The molecule has 1 aliphatic carbocycles. The summed E-state index contributed by atoms with van der Waals surface area (Å²) in [6.07, 6.45) is -1.74. The van der Waals surface area contributed by atoms with E-state index in [4.69, 9.17) is 0 Å². The van der Waals surface area contributed by atoms with Crippen LogP contribution in [0.1, 0.15) is 53.9 Å². The Morgan fingerprint density at radius 2 is 1.54 bits per heavy atom. The van der Waals surface area contributed by atoms with E-state index in [2.05, 4.69) is 10.2 Å². The van der Waals surface area contributed by atoms with Gasteiger partial charge in [0.15, 0.2) is 0 Å². The lowest BCUT2D eigenvalue weighted by atomic mass is 9.87. The summed E-state index contributed by atoms with van der Waals surface area (Å²) in [6.45, 7) is 2.00. The molecule has 0 aromatic heterocycles. The number of amides is 1. The van der Waals surface area contributed by atoms with Crippen LogP contribution < -0.4 is 5.32 Å². The molecule has 3 aromatic carbocycles. The molecule has 1 saturated heterocycles. The van der Waals surface area contributed by atoms with E-state index in [1.807, 2.05) is 0 Å². The number of carbonyl (C=O) groups excluding carboxylic acids is 1. The molecule has 3 aromatic rings. The van der Waals surface area contributed by atoms with Gasteiger partial charge in [0.05, 0.1) is 5.56 Å². The molecule has 1 saturated carbocycles. The van der Waals surface area contributed by atoms with E-state index in [0.29, 0.717) is 24.4 Å². The van der Waals surface area contributed by atoms with E-state index in [1.165, 1.54) is 36.4 Å². The molecule has 0 spiro atoms. The lowest BCUT2D eigenvalue weighted by molar-refractivity contribution is -0.137. The van der Waals surface area contributed by atoms with Crippen molar-refractivity contribution in [2.75, 3.05) is 13.1 Å². The Kier molecular flexibility index (Phi) is 8.03. The Labute approximate surface area is 225 Å². The number of fused-ring (bicyclic) bond motifs is 1. The molecule has 5 rings (SSSR count). The fraction of sp³-hybridized carbons (Fsp3) is 0.387. The molecule has 1 heterocycles. The van der Waals surface area contributed by atoms with Gasteiger partial charge in [-0.2, -0.15) is 13.2 Å². The Bertz CT molecular complexity index is 1230. The molecule has 0 unspecified atom stereocenters. The van der Waals surface area contributed by atoms with Gasteiger partial charge in [0.1, 0.15) is 11.6 Å². The van der Waals surface area contributed by atoms with Crippen LogP contribution in [0.15, 0.2) is 72.8 Å². The number of hydrogen-bond acceptors (Lipinski definition) is 2. The number of likely N-dealkylation sites (tertiary alicyclic amines) is 1. The first kappa shape index (κ1) is 27.3. The lowest BCUT2D eigenvalue weighted by Gasteiger charge is -2.23. The maximum atomic E-state index is 13.5. The molecule has 1 N–H and O–H groups in total. The van der Waals surface area contributed by atoms with E-state index >= 15 is 0 Å². The molecule has 3 nitrogen and oxygen atoms in total. The third-order valence-electron chi connectivity index (χ3n) is 8.14. The standard InChI is InChI=1S/C31H31F5N2O/c32-25-9-4-21(5-10-25)27(22-6-11-26(33)12-7-22)13-15-30(39)37-29-14-8-23-18-38(19-28(23)29)17-20-2-1-3-24(16-20)31(34,35)36/h1-7,9-12,16,23,27-29H,8,13-15,17-19H2,(H,37,39)/t23-,28-,29+/m1/s1. The first-order valence-electron chi connectivity index (χ1n) is 13.3. The smallest absolute Gasteiger partial charge is 0.353 e. The molecule has 1 aliphatic heterocycles. The Morgan fingerprint density at radius 3 is 2.15 bits per heavy atom. The molecular formula is C31H31F5N2O. The van der Waals surface area contributed by atoms with Gasteiger partial charge < -0.3 is 5.32 Å². The minimum atomic E-state index is -4.36. The maximum Gasteiger partial charge on any atom is 0.416 e. The minimum Gasteiger partial charge on any atom is -0.353 e. The predicted molar refractivity (Wildman–Crippen MR) is 139 cm³/mol. The van der Waals surface area contributed by atoms with Crippen LogP contribution in [0.5, 0.6) is 0 Å². The summed E-state index contributed by atoms with van der Waals surface area (Å²) in [5.74, 6) is -0.251. The summed E-state index contributed by atoms with van der Waals surface area (Å²) in [7, 11) is 0. The summed E-state index contributed by atoms with van der Waals surface area (Å²) in [5.41, 5.74) is 1.72. The van der Waals surface area contributed by atoms with Crippen molar-refractivity contribution in [3.8, 4) is 0 Å². The van der Waals surface area contributed by atoms with Gasteiger partial charge in [0.2, 0.25) is 5.91 Å². The lowest BCUT2D eigenvalue weighted by Crippen LogP contribution is -2.39. The second-order valence-electron chi connectivity index (χ2n) is 10.8. The highest BCUT2D eigenvalue weighted by molar-refractivity contribution is 5.76.